The lowest BCUT2D eigenvalue weighted by Crippen LogP contribution is -2.37. The molecule has 5 nitrogen and oxygen atoms in total. The van der Waals surface area contributed by atoms with Gasteiger partial charge in [0.05, 0.1) is 28.2 Å². The van der Waals surface area contributed by atoms with Crippen LogP contribution in [0.1, 0.15) is 5.56 Å². The second-order valence-corrected chi connectivity index (χ2v) is 7.92. The van der Waals surface area contributed by atoms with Crippen molar-refractivity contribution >= 4 is 38.9 Å². The molecule has 2 rings (SSSR count). The highest BCUT2D eigenvalue weighted by Gasteiger charge is 2.31. The molecular formula is C16H12ClF5N2O3S. The number of alkyl halides is 3. The largest absolute Gasteiger partial charge is 0.416 e. The highest BCUT2D eigenvalue weighted by Crippen LogP contribution is 2.33. The summed E-state index contributed by atoms with van der Waals surface area (Å²) in [6, 6.07) is 4.39. The molecule has 0 spiro atoms. The number of nitrogens with one attached hydrogen (secondary N) is 1. The Morgan fingerprint density at radius 2 is 1.75 bits per heavy atom. The number of halogens is 6. The normalized spacial score (nSPS) is 12.0. The Bertz CT molecular complexity index is 1010. The number of carbonyl (C=O) groups excluding carboxylic acids is 1. The maximum atomic E-state index is 13.4. The molecule has 2 aromatic rings. The van der Waals surface area contributed by atoms with Crippen LogP contribution in [0.25, 0.3) is 0 Å². The third kappa shape index (κ3) is 5.32. The number of anilines is 2. The second-order valence-electron chi connectivity index (χ2n) is 5.61. The fourth-order valence-electron chi connectivity index (χ4n) is 2.16. The van der Waals surface area contributed by atoms with E-state index >= 15 is 0 Å². The number of rotatable bonds is 5. The third-order valence-electron chi connectivity index (χ3n) is 3.45. The van der Waals surface area contributed by atoms with E-state index in [9.17, 15) is 35.2 Å². The molecule has 0 unspecified atom stereocenters. The Hall–Kier alpha value is -2.40. The van der Waals surface area contributed by atoms with E-state index in [0.717, 1.165) is 18.4 Å². The van der Waals surface area contributed by atoms with Crippen LogP contribution in [-0.4, -0.2) is 27.1 Å². The van der Waals surface area contributed by atoms with Gasteiger partial charge in [0.15, 0.2) is 11.6 Å². The van der Waals surface area contributed by atoms with Crippen LogP contribution in [0, 0.1) is 11.6 Å². The number of nitrogens with zero attached hydrogens (tertiary/aromatic N) is 1. The predicted octanol–water partition coefficient (Wildman–Crippen LogP) is 4.04. The van der Waals surface area contributed by atoms with Crippen LogP contribution in [0.4, 0.5) is 33.3 Å². The Morgan fingerprint density at radius 1 is 1.11 bits per heavy atom. The van der Waals surface area contributed by atoms with Crippen molar-refractivity contribution in [2.45, 2.75) is 6.18 Å². The van der Waals surface area contributed by atoms with E-state index in [-0.39, 0.29) is 16.4 Å². The molecule has 0 aromatic heterocycles. The second kappa shape index (κ2) is 7.92. The molecule has 0 fully saturated rings. The van der Waals surface area contributed by atoms with Gasteiger partial charge in [-0.2, -0.15) is 13.2 Å². The van der Waals surface area contributed by atoms with Crippen molar-refractivity contribution < 1.29 is 35.2 Å². The zero-order valence-electron chi connectivity index (χ0n) is 14.0. The first kappa shape index (κ1) is 21.9. The molecule has 0 saturated heterocycles. The molecule has 0 saturated carbocycles. The van der Waals surface area contributed by atoms with Gasteiger partial charge in [-0.05, 0) is 30.3 Å². The zero-order chi connectivity index (χ0) is 21.3. The van der Waals surface area contributed by atoms with Crippen LogP contribution in [0.5, 0.6) is 0 Å². The van der Waals surface area contributed by atoms with Gasteiger partial charge < -0.3 is 5.32 Å². The Morgan fingerprint density at radius 3 is 2.29 bits per heavy atom. The smallest absolute Gasteiger partial charge is 0.323 e. The fourth-order valence-corrected chi connectivity index (χ4v) is 3.17. The van der Waals surface area contributed by atoms with Gasteiger partial charge in [-0.15, -0.1) is 0 Å². The van der Waals surface area contributed by atoms with E-state index in [1.807, 2.05) is 0 Å². The van der Waals surface area contributed by atoms with Crippen molar-refractivity contribution in [3.05, 3.63) is 58.6 Å². The van der Waals surface area contributed by atoms with E-state index in [2.05, 4.69) is 5.32 Å². The Labute approximate surface area is 161 Å². The fraction of sp³-hybridized carbons (Fsp3) is 0.188. The minimum atomic E-state index is -4.69. The number of benzene rings is 2. The summed E-state index contributed by atoms with van der Waals surface area (Å²) in [6.07, 6.45) is -3.96. The highest BCUT2D eigenvalue weighted by molar-refractivity contribution is 7.92. The Kier molecular flexibility index (Phi) is 6.19. The summed E-state index contributed by atoms with van der Waals surface area (Å²) < 4.78 is 89.1. The Balaban J connectivity index is 2.29. The molecule has 12 heteroatoms. The van der Waals surface area contributed by atoms with E-state index in [1.165, 1.54) is 0 Å². The molecule has 0 aliphatic carbocycles. The summed E-state index contributed by atoms with van der Waals surface area (Å²) in [5, 5.41) is 1.87. The monoisotopic (exact) mass is 442 g/mol. The van der Waals surface area contributed by atoms with Crippen LogP contribution in [0.15, 0.2) is 36.4 Å². The average Bonchev–Trinajstić information content (AvgIpc) is 2.55. The molecule has 0 radical (unpaired) electrons. The molecule has 0 bridgehead atoms. The molecule has 0 heterocycles. The maximum Gasteiger partial charge on any atom is 0.416 e. The lowest BCUT2D eigenvalue weighted by atomic mass is 10.2. The summed E-state index contributed by atoms with van der Waals surface area (Å²) in [5.74, 6) is -3.61. The number of carbonyl (C=O) groups is 1. The van der Waals surface area contributed by atoms with Gasteiger partial charge in [0, 0.05) is 6.07 Å². The van der Waals surface area contributed by atoms with Crippen molar-refractivity contribution in [1.82, 2.24) is 0 Å². The van der Waals surface area contributed by atoms with Crippen molar-refractivity contribution in [2.75, 3.05) is 22.4 Å². The summed E-state index contributed by atoms with van der Waals surface area (Å²) in [4.78, 5) is 12.2. The molecule has 0 aliphatic heterocycles. The molecule has 152 valence electrons. The first-order valence-electron chi connectivity index (χ1n) is 7.38. The molecular weight excluding hydrogens is 431 g/mol. The van der Waals surface area contributed by atoms with Crippen LogP contribution < -0.4 is 9.62 Å². The van der Waals surface area contributed by atoms with Gasteiger partial charge in [0.2, 0.25) is 15.9 Å². The first-order chi connectivity index (χ1) is 12.8. The predicted molar refractivity (Wildman–Crippen MR) is 93.6 cm³/mol. The molecule has 1 N–H and O–H groups in total. The minimum absolute atomic E-state index is 0.208. The van der Waals surface area contributed by atoms with E-state index in [0.29, 0.717) is 28.6 Å². The number of amides is 1. The van der Waals surface area contributed by atoms with Crippen LogP contribution in [0.3, 0.4) is 0 Å². The van der Waals surface area contributed by atoms with Gasteiger partial charge in [-0.25, -0.2) is 17.2 Å². The molecule has 0 aliphatic rings. The van der Waals surface area contributed by atoms with E-state index in [1.54, 1.807) is 0 Å². The highest BCUT2D eigenvalue weighted by atomic mass is 35.5. The van der Waals surface area contributed by atoms with E-state index in [4.69, 9.17) is 11.6 Å². The van der Waals surface area contributed by atoms with Crippen LogP contribution in [0.2, 0.25) is 5.02 Å². The van der Waals surface area contributed by atoms with Crippen LogP contribution >= 0.6 is 11.6 Å². The lowest BCUT2D eigenvalue weighted by molar-refractivity contribution is -0.137. The van der Waals surface area contributed by atoms with Gasteiger partial charge >= 0.3 is 6.18 Å². The first-order valence-corrected chi connectivity index (χ1v) is 9.61. The van der Waals surface area contributed by atoms with E-state index < -0.39 is 45.8 Å². The zero-order valence-corrected chi connectivity index (χ0v) is 15.6. The van der Waals surface area contributed by atoms with Gasteiger partial charge in [-0.1, -0.05) is 11.6 Å². The molecule has 1 amide bonds. The topological polar surface area (TPSA) is 66.5 Å². The van der Waals surface area contributed by atoms with Gasteiger partial charge in [0.25, 0.3) is 0 Å². The summed E-state index contributed by atoms with van der Waals surface area (Å²) in [6.45, 7) is -0.906. The average molecular weight is 443 g/mol. The number of hydrogen-bond donors (Lipinski definition) is 1. The summed E-state index contributed by atoms with van der Waals surface area (Å²) in [7, 11) is -4.11. The molecule has 0 atom stereocenters. The lowest BCUT2D eigenvalue weighted by Gasteiger charge is -2.22. The number of sulfonamides is 1. The summed E-state index contributed by atoms with van der Waals surface area (Å²) in [5.41, 5.74) is -1.81. The van der Waals surface area contributed by atoms with Gasteiger partial charge in [0.1, 0.15) is 6.54 Å². The van der Waals surface area contributed by atoms with Crippen LogP contribution in [-0.2, 0) is 21.0 Å². The molecule has 28 heavy (non-hydrogen) atoms. The van der Waals surface area contributed by atoms with Crippen molar-refractivity contribution in [1.29, 1.82) is 0 Å². The van der Waals surface area contributed by atoms with Crippen molar-refractivity contribution in [3.63, 3.8) is 0 Å². The standard InChI is InChI=1S/C16H12ClF5N2O3S/c1-28(26,27)24(10-3-5-12(18)13(19)7-10)8-15(25)23-14-6-9(16(20,21)22)2-4-11(14)17/h2-7H,8H2,1H3,(H,23,25). The van der Waals surface area contributed by atoms with Crippen molar-refractivity contribution in [3.8, 4) is 0 Å². The third-order valence-corrected chi connectivity index (χ3v) is 4.92. The SMILES string of the molecule is CS(=O)(=O)N(CC(=O)Nc1cc(C(F)(F)F)ccc1Cl)c1ccc(F)c(F)c1. The number of hydrogen-bond acceptors (Lipinski definition) is 3. The minimum Gasteiger partial charge on any atom is -0.323 e. The van der Waals surface area contributed by atoms with Crippen molar-refractivity contribution in [2.24, 2.45) is 0 Å². The summed E-state index contributed by atoms with van der Waals surface area (Å²) >= 11 is 5.77. The quantitative estimate of drug-likeness (QED) is 0.711. The maximum absolute atomic E-state index is 13.4. The van der Waals surface area contributed by atoms with Gasteiger partial charge in [-0.3, -0.25) is 9.10 Å². The molecule has 2 aromatic carbocycles.